The molecule has 5 N–H and O–H groups in total. The number of amides is 4. The zero-order chi connectivity index (χ0) is 29.7. The molecule has 41 heavy (non-hydrogen) atoms. The van der Waals surface area contributed by atoms with Gasteiger partial charge in [-0.05, 0) is 30.2 Å². The number of carboxylic acid groups (broad SMARTS) is 1. The molecule has 1 unspecified atom stereocenters. The summed E-state index contributed by atoms with van der Waals surface area (Å²) in [5.74, 6) is -0.755. The Kier molecular flexibility index (Phi) is 8.78. The number of aliphatic hydroxyl groups excluding tert-OH is 1. The number of hydrogen-bond acceptors (Lipinski definition) is 8. The summed E-state index contributed by atoms with van der Waals surface area (Å²) in [6.45, 7) is -0.0377. The topological polar surface area (TPSA) is 177 Å². The molecular weight excluding hydrogens is 536 g/mol. The molecule has 216 valence electrons. The lowest BCUT2D eigenvalue weighted by Gasteiger charge is -2.14. The van der Waals surface area contributed by atoms with Crippen molar-refractivity contribution in [2.45, 2.75) is 19.0 Å². The maximum Gasteiger partial charge on any atom is 0.405 e. The fraction of sp³-hybridized carbons (Fsp3) is 0.286. The summed E-state index contributed by atoms with van der Waals surface area (Å²) < 4.78 is 18.2. The number of benzene rings is 2. The van der Waals surface area contributed by atoms with Crippen molar-refractivity contribution in [1.29, 1.82) is 0 Å². The monoisotopic (exact) mass is 566 g/mol. The summed E-state index contributed by atoms with van der Waals surface area (Å²) in [5, 5.41) is 25.8. The predicted molar refractivity (Wildman–Crippen MR) is 148 cm³/mol. The zero-order valence-corrected chi connectivity index (χ0v) is 22.6. The van der Waals surface area contributed by atoms with E-state index in [1.807, 2.05) is 34.1 Å². The van der Waals surface area contributed by atoms with E-state index in [2.05, 4.69) is 10.6 Å². The number of aryl methyl sites for hydroxylation is 1. The van der Waals surface area contributed by atoms with Crippen LogP contribution in [0.2, 0.25) is 0 Å². The van der Waals surface area contributed by atoms with Gasteiger partial charge in [0, 0.05) is 35.8 Å². The number of nitrogens with zero attached hydrogens (tertiary/aromatic N) is 1. The molecule has 4 rings (SSSR count). The van der Waals surface area contributed by atoms with Gasteiger partial charge in [-0.1, -0.05) is 18.2 Å². The first-order valence-corrected chi connectivity index (χ1v) is 12.6. The fourth-order valence-corrected chi connectivity index (χ4v) is 4.77. The molecule has 0 aliphatic carbocycles. The van der Waals surface area contributed by atoms with E-state index in [-0.39, 0.29) is 17.7 Å². The highest BCUT2D eigenvalue weighted by Gasteiger charge is 2.35. The Morgan fingerprint density at radius 1 is 1.00 bits per heavy atom. The second-order valence-electron chi connectivity index (χ2n) is 9.03. The van der Waals surface area contributed by atoms with Crippen molar-refractivity contribution in [3.8, 4) is 17.2 Å². The van der Waals surface area contributed by atoms with E-state index >= 15 is 0 Å². The van der Waals surface area contributed by atoms with Crippen molar-refractivity contribution in [2.24, 2.45) is 0 Å². The normalized spacial score (nSPS) is 13.7. The molecular formula is C28H30N4O9. The average molecular weight is 567 g/mol. The van der Waals surface area contributed by atoms with Crippen LogP contribution in [-0.2, 0) is 20.9 Å². The number of fused-ring (bicyclic) bond motifs is 1. The van der Waals surface area contributed by atoms with Gasteiger partial charge in [-0.3, -0.25) is 19.7 Å². The molecule has 0 saturated heterocycles. The number of carbonyl (C=O) groups excluding carboxylic acids is 3. The third-order valence-electron chi connectivity index (χ3n) is 6.61. The van der Waals surface area contributed by atoms with Gasteiger partial charge in [0.05, 0.1) is 39.1 Å². The minimum atomic E-state index is -1.42. The molecule has 0 saturated carbocycles. The first-order chi connectivity index (χ1) is 19.7. The molecule has 2 aromatic carbocycles. The van der Waals surface area contributed by atoms with Gasteiger partial charge in [0.15, 0.2) is 11.5 Å². The van der Waals surface area contributed by atoms with Crippen LogP contribution in [0.1, 0.15) is 17.5 Å². The molecule has 1 aliphatic rings. The number of para-hydroxylation sites is 1. The summed E-state index contributed by atoms with van der Waals surface area (Å²) in [4.78, 5) is 49.2. The van der Waals surface area contributed by atoms with E-state index in [9.17, 15) is 24.3 Å². The van der Waals surface area contributed by atoms with Crippen LogP contribution < -0.4 is 30.2 Å². The SMILES string of the molecule is COc1cc(C2=C(c3cn(CCCNC(=O)C(CO)NC(=O)O)c4ccccc34)C(=O)NC2=O)cc(OC)c1OC. The van der Waals surface area contributed by atoms with Gasteiger partial charge in [-0.2, -0.15) is 0 Å². The average Bonchev–Trinajstić information content (AvgIpc) is 3.48. The molecule has 1 aromatic heterocycles. The van der Waals surface area contributed by atoms with Crippen LogP contribution in [0, 0.1) is 0 Å². The minimum Gasteiger partial charge on any atom is -0.493 e. The van der Waals surface area contributed by atoms with Crippen LogP contribution in [0.4, 0.5) is 4.79 Å². The molecule has 0 radical (unpaired) electrons. The molecule has 1 atom stereocenters. The van der Waals surface area contributed by atoms with E-state index in [4.69, 9.17) is 19.3 Å². The van der Waals surface area contributed by atoms with E-state index in [1.165, 1.54) is 21.3 Å². The Bertz CT molecular complexity index is 1520. The highest BCUT2D eigenvalue weighted by Crippen LogP contribution is 2.43. The third kappa shape index (κ3) is 5.79. The smallest absolute Gasteiger partial charge is 0.405 e. The van der Waals surface area contributed by atoms with Crippen LogP contribution in [-0.4, -0.2) is 79.1 Å². The zero-order valence-electron chi connectivity index (χ0n) is 22.6. The number of ether oxygens (including phenoxy) is 3. The largest absolute Gasteiger partial charge is 0.493 e. The Hall–Kier alpha value is -5.04. The van der Waals surface area contributed by atoms with Crippen molar-refractivity contribution in [1.82, 2.24) is 20.5 Å². The third-order valence-corrected chi connectivity index (χ3v) is 6.61. The summed E-state index contributed by atoms with van der Waals surface area (Å²) in [6, 6.07) is 9.35. The Balaban J connectivity index is 1.69. The lowest BCUT2D eigenvalue weighted by atomic mass is 9.95. The van der Waals surface area contributed by atoms with E-state index in [0.717, 1.165) is 10.9 Å². The van der Waals surface area contributed by atoms with Gasteiger partial charge in [-0.25, -0.2) is 4.79 Å². The molecule has 0 bridgehead atoms. The number of rotatable bonds is 12. The number of carbonyl (C=O) groups is 4. The van der Waals surface area contributed by atoms with Crippen LogP contribution in [0.15, 0.2) is 42.6 Å². The van der Waals surface area contributed by atoms with E-state index in [0.29, 0.717) is 41.3 Å². The highest BCUT2D eigenvalue weighted by atomic mass is 16.5. The van der Waals surface area contributed by atoms with E-state index < -0.39 is 36.5 Å². The second-order valence-corrected chi connectivity index (χ2v) is 9.03. The van der Waals surface area contributed by atoms with E-state index in [1.54, 1.807) is 18.3 Å². The first-order valence-electron chi connectivity index (χ1n) is 12.6. The molecule has 1 aliphatic heterocycles. The minimum absolute atomic E-state index is 0.158. The lowest BCUT2D eigenvalue weighted by Crippen LogP contribution is -2.48. The van der Waals surface area contributed by atoms with Crippen molar-refractivity contribution < 1.29 is 43.6 Å². The first kappa shape index (κ1) is 29.0. The fourth-order valence-electron chi connectivity index (χ4n) is 4.77. The highest BCUT2D eigenvalue weighted by molar-refractivity contribution is 6.50. The van der Waals surface area contributed by atoms with Crippen LogP contribution in [0.5, 0.6) is 17.2 Å². The maximum absolute atomic E-state index is 13.2. The molecule has 2 heterocycles. The van der Waals surface area contributed by atoms with Gasteiger partial charge in [0.2, 0.25) is 11.7 Å². The predicted octanol–water partition coefficient (Wildman–Crippen LogP) is 1.37. The summed E-state index contributed by atoms with van der Waals surface area (Å²) in [5.41, 5.74) is 2.11. The van der Waals surface area contributed by atoms with Crippen LogP contribution >= 0.6 is 0 Å². The van der Waals surface area contributed by atoms with Gasteiger partial charge < -0.3 is 39.6 Å². The number of methoxy groups -OCH3 is 3. The Labute approximate surface area is 234 Å². The lowest BCUT2D eigenvalue weighted by molar-refractivity contribution is -0.124. The number of aliphatic hydroxyl groups is 1. The summed E-state index contributed by atoms with van der Waals surface area (Å²) in [7, 11) is 4.38. The summed E-state index contributed by atoms with van der Waals surface area (Å²) in [6.07, 6.45) is 0.819. The van der Waals surface area contributed by atoms with Gasteiger partial charge >= 0.3 is 6.09 Å². The Morgan fingerprint density at radius 2 is 1.66 bits per heavy atom. The molecule has 0 spiro atoms. The molecule has 0 fully saturated rings. The standard InChI is InChI=1S/C28H30N4O9/c1-39-20-11-15(12-21(40-2)24(20)41-3)22-23(27(36)31-26(22)35)17-13-32(19-8-5-4-7-16(17)19)10-6-9-29-25(34)18(14-33)30-28(37)38/h4-5,7-8,11-13,18,30,33H,6,9-10,14H2,1-3H3,(H,29,34)(H,37,38)(H,31,35,36). The van der Waals surface area contributed by atoms with Crippen LogP contribution in [0.3, 0.4) is 0 Å². The van der Waals surface area contributed by atoms with Crippen molar-refractivity contribution >= 4 is 45.9 Å². The number of nitrogens with one attached hydrogen (secondary N) is 3. The quantitative estimate of drug-likeness (QED) is 0.160. The molecule has 13 nitrogen and oxygen atoms in total. The Morgan fingerprint density at radius 3 is 2.27 bits per heavy atom. The molecule has 3 aromatic rings. The maximum atomic E-state index is 13.2. The van der Waals surface area contributed by atoms with Crippen molar-refractivity contribution in [2.75, 3.05) is 34.5 Å². The van der Waals surface area contributed by atoms with Crippen molar-refractivity contribution in [3.05, 3.63) is 53.7 Å². The second kappa shape index (κ2) is 12.4. The summed E-state index contributed by atoms with van der Waals surface area (Å²) >= 11 is 0. The number of aromatic nitrogens is 1. The van der Waals surface area contributed by atoms with Gasteiger partial charge in [0.25, 0.3) is 11.8 Å². The molecule has 13 heteroatoms. The van der Waals surface area contributed by atoms with Crippen molar-refractivity contribution in [3.63, 3.8) is 0 Å². The molecule has 4 amide bonds. The van der Waals surface area contributed by atoms with Gasteiger partial charge in [0.1, 0.15) is 6.04 Å². The number of imide groups is 1. The van der Waals surface area contributed by atoms with Gasteiger partial charge in [-0.15, -0.1) is 0 Å². The van der Waals surface area contributed by atoms with Crippen LogP contribution in [0.25, 0.3) is 22.0 Å². The number of hydrogen-bond donors (Lipinski definition) is 5.